The summed E-state index contributed by atoms with van der Waals surface area (Å²) in [7, 11) is 2.12. The Morgan fingerprint density at radius 1 is 1.14 bits per heavy atom. The average molecular weight is 384 g/mol. The molecule has 0 spiro atoms. The summed E-state index contributed by atoms with van der Waals surface area (Å²) >= 11 is 0. The number of anilines is 3. The van der Waals surface area contributed by atoms with Crippen molar-refractivity contribution in [2.45, 2.75) is 33.2 Å². The predicted octanol–water partition coefficient (Wildman–Crippen LogP) is 1.46. The number of nitrogens with one attached hydrogen (secondary N) is 2. The van der Waals surface area contributed by atoms with Gasteiger partial charge in [0, 0.05) is 44.8 Å². The van der Waals surface area contributed by atoms with Crippen molar-refractivity contribution in [2.24, 2.45) is 0 Å². The van der Waals surface area contributed by atoms with Crippen molar-refractivity contribution in [1.82, 2.24) is 30.2 Å². The lowest BCUT2D eigenvalue weighted by atomic mass is 10.2. The van der Waals surface area contributed by atoms with Crippen LogP contribution in [0.3, 0.4) is 0 Å². The molecule has 3 heterocycles. The first kappa shape index (κ1) is 19.9. The lowest BCUT2D eigenvalue weighted by Gasteiger charge is -2.32. The monoisotopic (exact) mass is 384 g/mol. The van der Waals surface area contributed by atoms with Crippen LogP contribution in [-0.4, -0.2) is 70.0 Å². The molecule has 3 rings (SSSR count). The van der Waals surface area contributed by atoms with Gasteiger partial charge < -0.3 is 20.4 Å². The molecule has 150 valence electrons. The van der Waals surface area contributed by atoms with Crippen LogP contribution in [0.25, 0.3) is 0 Å². The highest BCUT2D eigenvalue weighted by Gasteiger charge is 2.18. The average Bonchev–Trinajstić information content (AvgIpc) is 2.68. The lowest BCUT2D eigenvalue weighted by molar-refractivity contribution is 0.0943. The molecule has 28 heavy (non-hydrogen) atoms. The molecule has 0 saturated carbocycles. The highest BCUT2D eigenvalue weighted by Crippen LogP contribution is 2.16. The minimum atomic E-state index is -0.139. The van der Waals surface area contributed by atoms with Crippen molar-refractivity contribution in [3.8, 4) is 0 Å². The molecule has 1 aliphatic heterocycles. The summed E-state index contributed by atoms with van der Waals surface area (Å²) in [4.78, 5) is 34.4. The first-order valence-corrected chi connectivity index (χ1v) is 9.67. The molecule has 0 atom stereocenters. The van der Waals surface area contributed by atoms with Crippen LogP contribution in [0.1, 0.15) is 37.0 Å². The third-order valence-electron chi connectivity index (χ3n) is 4.46. The van der Waals surface area contributed by atoms with Gasteiger partial charge in [-0.05, 0) is 33.0 Å². The van der Waals surface area contributed by atoms with Crippen LogP contribution in [0, 0.1) is 0 Å². The Hall–Kier alpha value is -2.81. The molecule has 1 fully saturated rings. The zero-order valence-electron chi connectivity index (χ0n) is 16.9. The standard InChI is InChI=1S/C19H28N8O/c1-5-15-22-18(25-19(24-15)27-10-8-26(4)9-11-27)23-16-7-6-14(12-20-16)17(28)21-13(2)3/h6-7,12-13H,5,8-11H2,1-4H3,(H,21,28)(H,20,22,23,24,25). The van der Waals surface area contributed by atoms with Crippen molar-refractivity contribution < 1.29 is 4.79 Å². The van der Waals surface area contributed by atoms with Gasteiger partial charge in [0.05, 0.1) is 5.56 Å². The topological polar surface area (TPSA) is 99.2 Å². The second-order valence-electron chi connectivity index (χ2n) is 7.20. The van der Waals surface area contributed by atoms with E-state index in [4.69, 9.17) is 0 Å². The molecule has 1 amide bonds. The number of aryl methyl sites for hydroxylation is 1. The number of aromatic nitrogens is 4. The first-order valence-electron chi connectivity index (χ1n) is 9.67. The van der Waals surface area contributed by atoms with E-state index < -0.39 is 0 Å². The largest absolute Gasteiger partial charge is 0.350 e. The minimum Gasteiger partial charge on any atom is -0.350 e. The van der Waals surface area contributed by atoms with Crippen LogP contribution in [-0.2, 0) is 6.42 Å². The summed E-state index contributed by atoms with van der Waals surface area (Å²) in [5.41, 5.74) is 0.516. The van der Waals surface area contributed by atoms with E-state index in [0.717, 1.165) is 38.4 Å². The van der Waals surface area contributed by atoms with Crippen molar-refractivity contribution in [2.75, 3.05) is 43.4 Å². The number of hydrogen-bond acceptors (Lipinski definition) is 8. The maximum Gasteiger partial charge on any atom is 0.253 e. The summed E-state index contributed by atoms with van der Waals surface area (Å²) in [6.45, 7) is 9.61. The van der Waals surface area contributed by atoms with Gasteiger partial charge >= 0.3 is 0 Å². The number of hydrogen-bond donors (Lipinski definition) is 2. The number of amides is 1. The zero-order chi connectivity index (χ0) is 20.1. The van der Waals surface area contributed by atoms with Crippen molar-refractivity contribution >= 4 is 23.6 Å². The quantitative estimate of drug-likeness (QED) is 0.772. The number of pyridine rings is 1. The second kappa shape index (κ2) is 8.92. The van der Waals surface area contributed by atoms with Gasteiger partial charge in [0.25, 0.3) is 5.91 Å². The van der Waals surface area contributed by atoms with Gasteiger partial charge in [0.2, 0.25) is 11.9 Å². The number of carbonyl (C=O) groups is 1. The number of likely N-dealkylation sites (N-methyl/N-ethyl adjacent to an activating group) is 1. The summed E-state index contributed by atoms with van der Waals surface area (Å²) < 4.78 is 0. The van der Waals surface area contributed by atoms with E-state index in [9.17, 15) is 4.79 Å². The zero-order valence-corrected chi connectivity index (χ0v) is 16.9. The maximum atomic E-state index is 12.0. The summed E-state index contributed by atoms with van der Waals surface area (Å²) in [5, 5.41) is 5.98. The summed E-state index contributed by atoms with van der Waals surface area (Å²) in [6, 6.07) is 3.56. The Morgan fingerprint density at radius 2 is 1.89 bits per heavy atom. The van der Waals surface area contributed by atoms with Gasteiger partial charge in [-0.2, -0.15) is 15.0 Å². The van der Waals surface area contributed by atoms with Crippen LogP contribution in [0.2, 0.25) is 0 Å². The van der Waals surface area contributed by atoms with E-state index >= 15 is 0 Å². The van der Waals surface area contributed by atoms with Gasteiger partial charge in [-0.25, -0.2) is 4.98 Å². The highest BCUT2D eigenvalue weighted by atomic mass is 16.1. The van der Waals surface area contributed by atoms with E-state index in [2.05, 4.69) is 47.4 Å². The fourth-order valence-electron chi connectivity index (χ4n) is 2.83. The molecule has 1 saturated heterocycles. The molecule has 9 heteroatoms. The Labute approximate surface area is 165 Å². The molecular formula is C19H28N8O. The van der Waals surface area contributed by atoms with Gasteiger partial charge in [0.15, 0.2) is 0 Å². The molecule has 2 aromatic heterocycles. The number of piperazine rings is 1. The SMILES string of the molecule is CCc1nc(Nc2ccc(C(=O)NC(C)C)cn2)nc(N2CCN(C)CC2)n1. The fourth-order valence-corrected chi connectivity index (χ4v) is 2.83. The van der Waals surface area contributed by atoms with Gasteiger partial charge in [-0.3, -0.25) is 4.79 Å². The molecule has 1 aliphatic rings. The third-order valence-corrected chi connectivity index (χ3v) is 4.46. The second-order valence-corrected chi connectivity index (χ2v) is 7.20. The minimum absolute atomic E-state index is 0.0796. The van der Waals surface area contributed by atoms with Gasteiger partial charge in [0.1, 0.15) is 11.6 Å². The molecule has 0 unspecified atom stereocenters. The smallest absolute Gasteiger partial charge is 0.253 e. The van der Waals surface area contributed by atoms with E-state index in [1.54, 1.807) is 18.3 Å². The molecule has 2 aromatic rings. The van der Waals surface area contributed by atoms with E-state index in [0.29, 0.717) is 23.3 Å². The van der Waals surface area contributed by atoms with Crippen LogP contribution in [0.5, 0.6) is 0 Å². The van der Waals surface area contributed by atoms with Crippen LogP contribution in [0.4, 0.5) is 17.7 Å². The molecule has 0 bridgehead atoms. The van der Waals surface area contributed by atoms with Crippen LogP contribution >= 0.6 is 0 Å². The molecule has 0 aliphatic carbocycles. The Kier molecular flexibility index (Phi) is 6.35. The van der Waals surface area contributed by atoms with Gasteiger partial charge in [-0.1, -0.05) is 6.92 Å². The molecule has 2 N–H and O–H groups in total. The summed E-state index contributed by atoms with van der Waals surface area (Å²) in [6.07, 6.45) is 2.27. The predicted molar refractivity (Wildman–Crippen MR) is 109 cm³/mol. The normalized spacial score (nSPS) is 15.0. The number of carbonyl (C=O) groups excluding carboxylic acids is 1. The van der Waals surface area contributed by atoms with Crippen LogP contribution < -0.4 is 15.5 Å². The fraction of sp³-hybridized carbons (Fsp3) is 0.526. The molecule has 0 radical (unpaired) electrons. The number of nitrogens with zero attached hydrogens (tertiary/aromatic N) is 6. The number of rotatable bonds is 6. The maximum absolute atomic E-state index is 12.0. The highest BCUT2D eigenvalue weighted by molar-refractivity contribution is 5.94. The summed E-state index contributed by atoms with van der Waals surface area (Å²) in [5.74, 6) is 2.33. The molecule has 9 nitrogen and oxygen atoms in total. The van der Waals surface area contributed by atoms with Crippen molar-refractivity contribution in [1.29, 1.82) is 0 Å². The van der Waals surface area contributed by atoms with Crippen molar-refractivity contribution in [3.05, 3.63) is 29.7 Å². The first-order chi connectivity index (χ1) is 13.4. The van der Waals surface area contributed by atoms with Gasteiger partial charge in [-0.15, -0.1) is 0 Å². The lowest BCUT2D eigenvalue weighted by Crippen LogP contribution is -2.45. The molecular weight excluding hydrogens is 356 g/mol. The Bertz CT molecular complexity index is 800. The van der Waals surface area contributed by atoms with E-state index in [-0.39, 0.29) is 11.9 Å². The van der Waals surface area contributed by atoms with E-state index in [1.807, 2.05) is 20.8 Å². The Balaban J connectivity index is 1.74. The van der Waals surface area contributed by atoms with Crippen LogP contribution in [0.15, 0.2) is 18.3 Å². The third kappa shape index (κ3) is 5.13. The Morgan fingerprint density at radius 3 is 2.50 bits per heavy atom. The van der Waals surface area contributed by atoms with Crippen molar-refractivity contribution in [3.63, 3.8) is 0 Å². The van der Waals surface area contributed by atoms with E-state index in [1.165, 1.54) is 0 Å². The molecule has 0 aromatic carbocycles.